The van der Waals surface area contributed by atoms with Gasteiger partial charge in [-0.3, -0.25) is 15.0 Å². The Morgan fingerprint density at radius 1 is 1.50 bits per heavy atom. The Balaban J connectivity index is 3.33. The molecule has 0 saturated carbocycles. The summed E-state index contributed by atoms with van der Waals surface area (Å²) in [6, 6.07) is 1.09. The summed E-state index contributed by atoms with van der Waals surface area (Å²) in [5.41, 5.74) is 2.59. The number of aromatic amines is 1. The van der Waals surface area contributed by atoms with Crippen molar-refractivity contribution in [3.8, 4) is 5.75 Å². The number of hydrazine groups is 2. The van der Waals surface area contributed by atoms with Gasteiger partial charge in [-0.2, -0.15) is 0 Å². The normalized spacial score (nSPS) is 9.57. The minimum absolute atomic E-state index is 0.0843. The second-order valence-corrected chi connectivity index (χ2v) is 2.39. The van der Waals surface area contributed by atoms with Gasteiger partial charge in [0.15, 0.2) is 0 Å². The number of pyridine rings is 1. The van der Waals surface area contributed by atoms with Crippen molar-refractivity contribution in [3.63, 3.8) is 0 Å². The van der Waals surface area contributed by atoms with Crippen molar-refractivity contribution in [2.75, 3.05) is 5.43 Å². The van der Waals surface area contributed by atoms with Crippen LogP contribution in [0.2, 0.25) is 0 Å². The molecule has 1 aromatic heterocycles. The molecule has 1 rings (SSSR count). The molecule has 8 nitrogen and oxygen atoms in total. The molecule has 1 aromatic rings. The van der Waals surface area contributed by atoms with E-state index in [2.05, 4.69) is 10.4 Å². The Kier molecular flexibility index (Phi) is 2.70. The first-order valence-electron chi connectivity index (χ1n) is 3.54. The summed E-state index contributed by atoms with van der Waals surface area (Å²) >= 11 is 0. The first kappa shape index (κ1) is 10.0. The number of carbonyl (C=O) groups excluding carboxylic acids is 1. The van der Waals surface area contributed by atoms with Gasteiger partial charge in [0.25, 0.3) is 11.5 Å². The fourth-order valence-electron chi connectivity index (χ4n) is 0.915. The van der Waals surface area contributed by atoms with Crippen molar-refractivity contribution in [2.24, 2.45) is 11.7 Å². The molecule has 0 aromatic carbocycles. The van der Waals surface area contributed by atoms with Crippen LogP contribution in [0.3, 0.4) is 0 Å². The topological polar surface area (TPSA) is 146 Å². The third-order valence-corrected chi connectivity index (χ3v) is 1.53. The molecule has 14 heavy (non-hydrogen) atoms. The highest BCUT2D eigenvalue weighted by molar-refractivity contribution is 5.96. The van der Waals surface area contributed by atoms with E-state index in [-0.39, 0.29) is 5.82 Å². The molecule has 8 N–H and O–H groups in total. The summed E-state index contributed by atoms with van der Waals surface area (Å²) in [5.74, 6) is 8.49. The number of nitrogens with one attached hydrogen (secondary N) is 3. The summed E-state index contributed by atoms with van der Waals surface area (Å²) < 4.78 is 0. The summed E-state index contributed by atoms with van der Waals surface area (Å²) in [7, 11) is 0. The third kappa shape index (κ3) is 1.65. The van der Waals surface area contributed by atoms with Crippen LogP contribution in [0.15, 0.2) is 10.9 Å². The van der Waals surface area contributed by atoms with Gasteiger partial charge in [0.2, 0.25) is 0 Å². The maximum atomic E-state index is 11.2. The molecule has 76 valence electrons. The zero-order valence-corrected chi connectivity index (χ0v) is 7.00. The van der Waals surface area contributed by atoms with Crippen LogP contribution in [-0.2, 0) is 0 Å². The Labute approximate surface area is 77.9 Å². The molecule has 0 aliphatic carbocycles. The number of anilines is 1. The molecule has 0 spiro atoms. The summed E-state index contributed by atoms with van der Waals surface area (Å²) in [4.78, 5) is 24.4. The highest BCUT2D eigenvalue weighted by atomic mass is 16.3. The zero-order chi connectivity index (χ0) is 10.7. The summed E-state index contributed by atoms with van der Waals surface area (Å²) in [5, 5.41) is 9.27. The second-order valence-electron chi connectivity index (χ2n) is 2.39. The molecule has 0 saturated heterocycles. The molecule has 1 heterocycles. The molecular formula is C6H9N5O3. The van der Waals surface area contributed by atoms with Crippen LogP contribution in [0.4, 0.5) is 5.82 Å². The fraction of sp³-hybridized carbons (Fsp3) is 0. The Morgan fingerprint density at radius 3 is 2.57 bits per heavy atom. The van der Waals surface area contributed by atoms with E-state index in [0.29, 0.717) is 0 Å². The predicted octanol–water partition coefficient (Wildman–Crippen LogP) is -2.03. The molecule has 1 amide bonds. The Hall–Kier alpha value is -2.06. The number of H-pyrrole nitrogens is 1. The van der Waals surface area contributed by atoms with E-state index in [4.69, 9.17) is 11.7 Å². The van der Waals surface area contributed by atoms with E-state index in [1.54, 1.807) is 5.43 Å². The van der Waals surface area contributed by atoms with Gasteiger partial charge in [0, 0.05) is 6.07 Å². The second kappa shape index (κ2) is 3.77. The smallest absolute Gasteiger partial charge is 0.274 e. The van der Waals surface area contributed by atoms with E-state index in [1.165, 1.54) is 0 Å². The number of rotatable bonds is 2. The number of nitrogen functional groups attached to an aromatic ring is 2. The highest BCUT2D eigenvalue weighted by Gasteiger charge is 2.15. The van der Waals surface area contributed by atoms with Crippen LogP contribution in [0.1, 0.15) is 10.4 Å². The third-order valence-electron chi connectivity index (χ3n) is 1.53. The van der Waals surface area contributed by atoms with Crippen molar-refractivity contribution in [3.05, 3.63) is 22.0 Å². The molecular weight excluding hydrogens is 190 g/mol. The number of aromatic hydroxyl groups is 1. The lowest BCUT2D eigenvalue weighted by atomic mass is 10.2. The Morgan fingerprint density at radius 2 is 2.14 bits per heavy atom. The lowest BCUT2D eigenvalue weighted by molar-refractivity contribution is 0.0949. The van der Waals surface area contributed by atoms with Crippen molar-refractivity contribution < 1.29 is 9.90 Å². The quantitative estimate of drug-likeness (QED) is 0.184. The maximum absolute atomic E-state index is 11.2. The van der Waals surface area contributed by atoms with Gasteiger partial charge in [0.05, 0.1) is 0 Å². The first-order chi connectivity index (χ1) is 6.60. The van der Waals surface area contributed by atoms with Crippen LogP contribution >= 0.6 is 0 Å². The van der Waals surface area contributed by atoms with Crippen LogP contribution in [0.25, 0.3) is 0 Å². The number of hydrogen-bond donors (Lipinski definition) is 6. The molecule has 0 bridgehead atoms. The molecule has 0 aliphatic rings. The van der Waals surface area contributed by atoms with Crippen LogP contribution in [-0.4, -0.2) is 16.0 Å². The SMILES string of the molecule is NNC(=O)c1c(O)cc(NN)[nH]c1=O. The van der Waals surface area contributed by atoms with Gasteiger partial charge in [-0.05, 0) is 0 Å². The Bertz CT molecular complexity index is 412. The summed E-state index contributed by atoms with van der Waals surface area (Å²) in [6.07, 6.45) is 0. The predicted molar refractivity (Wildman–Crippen MR) is 48.2 cm³/mol. The van der Waals surface area contributed by atoms with Crippen LogP contribution in [0.5, 0.6) is 5.75 Å². The minimum Gasteiger partial charge on any atom is -0.507 e. The van der Waals surface area contributed by atoms with Crippen molar-refractivity contribution in [1.29, 1.82) is 0 Å². The van der Waals surface area contributed by atoms with E-state index in [0.717, 1.165) is 6.07 Å². The largest absolute Gasteiger partial charge is 0.507 e. The number of amides is 1. The van der Waals surface area contributed by atoms with Gasteiger partial charge < -0.3 is 15.5 Å². The van der Waals surface area contributed by atoms with Crippen LogP contribution < -0.4 is 28.1 Å². The van der Waals surface area contributed by atoms with Crippen molar-refractivity contribution in [1.82, 2.24) is 10.4 Å². The first-order valence-corrected chi connectivity index (χ1v) is 3.54. The van der Waals surface area contributed by atoms with Crippen molar-refractivity contribution in [2.45, 2.75) is 0 Å². The molecule has 0 fully saturated rings. The van der Waals surface area contributed by atoms with Gasteiger partial charge in [-0.15, -0.1) is 0 Å². The summed E-state index contributed by atoms with van der Waals surface area (Å²) in [6.45, 7) is 0. The average Bonchev–Trinajstić information content (AvgIpc) is 2.16. The minimum atomic E-state index is -0.882. The average molecular weight is 199 g/mol. The van der Waals surface area contributed by atoms with E-state index >= 15 is 0 Å². The lowest BCUT2D eigenvalue weighted by Crippen LogP contribution is -2.34. The van der Waals surface area contributed by atoms with Crippen LogP contribution in [0, 0.1) is 0 Å². The van der Waals surface area contributed by atoms with E-state index < -0.39 is 22.8 Å². The van der Waals surface area contributed by atoms with Gasteiger partial charge >= 0.3 is 0 Å². The fourth-order valence-corrected chi connectivity index (χ4v) is 0.915. The molecule has 0 atom stereocenters. The molecule has 0 radical (unpaired) electrons. The lowest BCUT2D eigenvalue weighted by Gasteiger charge is -2.04. The van der Waals surface area contributed by atoms with Gasteiger partial charge in [-0.1, -0.05) is 0 Å². The van der Waals surface area contributed by atoms with Crippen molar-refractivity contribution >= 4 is 11.7 Å². The van der Waals surface area contributed by atoms with E-state index in [9.17, 15) is 14.7 Å². The monoisotopic (exact) mass is 199 g/mol. The number of aromatic nitrogens is 1. The van der Waals surface area contributed by atoms with Gasteiger partial charge in [0.1, 0.15) is 17.1 Å². The van der Waals surface area contributed by atoms with E-state index in [1.807, 2.05) is 0 Å². The van der Waals surface area contributed by atoms with Gasteiger partial charge in [-0.25, -0.2) is 11.7 Å². The number of nitrogens with two attached hydrogens (primary N) is 2. The zero-order valence-electron chi connectivity index (χ0n) is 7.00. The molecule has 8 heteroatoms. The number of hydrogen-bond acceptors (Lipinski definition) is 6. The molecule has 0 unspecified atom stereocenters. The number of carbonyl (C=O) groups is 1. The highest BCUT2D eigenvalue weighted by Crippen LogP contribution is 2.14. The maximum Gasteiger partial charge on any atom is 0.274 e. The standard InChI is InChI=1S/C6H9N5O3/c7-10-3-1-2(12)4(5(13)9-3)6(14)11-8/h1H,7-8H2,(H,11,14)(H3,9,10,12,13). The molecule has 0 aliphatic heterocycles.